The van der Waals surface area contributed by atoms with Gasteiger partial charge in [-0.1, -0.05) is 65.3 Å². The van der Waals surface area contributed by atoms with Crippen LogP contribution < -0.4 is 0 Å². The van der Waals surface area contributed by atoms with Gasteiger partial charge in [-0.25, -0.2) is 0 Å². The fourth-order valence-corrected chi connectivity index (χ4v) is 3.96. The molecule has 0 fully saturated rings. The Hall–Kier alpha value is -2.22. The maximum atomic E-state index is 6.23. The highest BCUT2D eigenvalue weighted by Gasteiger charge is 2.20. The zero-order valence-electron chi connectivity index (χ0n) is 19.6. The Kier molecular flexibility index (Phi) is 7.96. The third-order valence-electron chi connectivity index (χ3n) is 5.59. The number of allylic oxidation sites excluding steroid dienone is 6. The van der Waals surface area contributed by atoms with E-state index in [9.17, 15) is 0 Å². The first kappa shape index (κ1) is 23.1. The lowest BCUT2D eigenvalue weighted by Crippen LogP contribution is -2.11. The van der Waals surface area contributed by atoms with E-state index in [-0.39, 0.29) is 5.41 Å². The maximum absolute atomic E-state index is 6.23. The van der Waals surface area contributed by atoms with Crippen molar-refractivity contribution in [1.82, 2.24) is 0 Å². The highest BCUT2D eigenvalue weighted by molar-refractivity contribution is 5.66. The summed E-state index contributed by atoms with van der Waals surface area (Å²) in [7, 11) is 0. The van der Waals surface area contributed by atoms with Crippen LogP contribution in [0.5, 0.6) is 0 Å². The van der Waals surface area contributed by atoms with Crippen molar-refractivity contribution in [3.05, 3.63) is 71.1 Å². The monoisotopic (exact) mass is 394 g/mol. The van der Waals surface area contributed by atoms with Crippen molar-refractivity contribution >= 4 is 11.1 Å². The summed E-state index contributed by atoms with van der Waals surface area (Å²) < 4.78 is 11.7. The summed E-state index contributed by atoms with van der Waals surface area (Å²) in [5.41, 5.74) is 5.34. The van der Waals surface area contributed by atoms with Crippen LogP contribution in [0.4, 0.5) is 0 Å². The molecule has 158 valence electrons. The first-order valence-corrected chi connectivity index (χ1v) is 10.9. The van der Waals surface area contributed by atoms with Crippen LogP contribution in [0.2, 0.25) is 0 Å². The molecule has 0 radical (unpaired) electrons. The van der Waals surface area contributed by atoms with Gasteiger partial charge in [-0.05, 0) is 79.4 Å². The summed E-state index contributed by atoms with van der Waals surface area (Å²) >= 11 is 0. The second kappa shape index (κ2) is 10.0. The molecule has 2 aromatic rings. The molecular weight excluding hydrogens is 356 g/mol. The van der Waals surface area contributed by atoms with Gasteiger partial charge in [0, 0.05) is 0 Å². The zero-order chi connectivity index (χ0) is 21.6. The highest BCUT2D eigenvalue weighted by Crippen LogP contribution is 2.34. The van der Waals surface area contributed by atoms with E-state index < -0.39 is 0 Å². The van der Waals surface area contributed by atoms with Crippen LogP contribution in [0, 0.1) is 18.3 Å². The van der Waals surface area contributed by atoms with Gasteiger partial charge in [-0.15, -0.1) is 0 Å². The molecule has 0 aliphatic rings. The van der Waals surface area contributed by atoms with Crippen LogP contribution in [0.3, 0.4) is 0 Å². The Balaban J connectivity index is 2.21. The zero-order valence-corrected chi connectivity index (χ0v) is 19.6. The second-order valence-electron chi connectivity index (χ2n) is 8.91. The molecule has 2 aromatic heterocycles. The van der Waals surface area contributed by atoms with Crippen molar-refractivity contribution < 1.29 is 8.83 Å². The van der Waals surface area contributed by atoms with E-state index in [2.05, 4.69) is 79.7 Å². The van der Waals surface area contributed by atoms with Crippen LogP contribution in [-0.4, -0.2) is 0 Å². The molecule has 0 saturated heterocycles. The van der Waals surface area contributed by atoms with Gasteiger partial charge in [0.2, 0.25) is 0 Å². The quantitative estimate of drug-likeness (QED) is 0.398. The summed E-state index contributed by atoms with van der Waals surface area (Å²) in [6, 6.07) is 6.18. The SMILES string of the molecule is CC/C(=C(\CC)C(C)C)c1cc(CC(C)(C)/C=C/C=C(\C)c2ccco2)c(C)o1. The van der Waals surface area contributed by atoms with Crippen LogP contribution in [0.25, 0.3) is 11.1 Å². The van der Waals surface area contributed by atoms with Crippen LogP contribution in [0.15, 0.2) is 57.1 Å². The van der Waals surface area contributed by atoms with Gasteiger partial charge in [0.1, 0.15) is 17.3 Å². The Bertz CT molecular complexity index is 868. The molecule has 29 heavy (non-hydrogen) atoms. The molecule has 2 heteroatoms. The Morgan fingerprint density at radius 1 is 1.14 bits per heavy atom. The molecule has 0 N–H and O–H groups in total. The summed E-state index contributed by atoms with van der Waals surface area (Å²) in [5.74, 6) is 3.55. The van der Waals surface area contributed by atoms with E-state index in [1.165, 1.54) is 16.7 Å². The molecule has 0 aliphatic carbocycles. The Labute approximate surface area is 177 Å². The van der Waals surface area contributed by atoms with E-state index in [0.717, 1.165) is 42.1 Å². The number of rotatable bonds is 9. The predicted molar refractivity (Wildman–Crippen MR) is 125 cm³/mol. The Morgan fingerprint density at radius 2 is 1.86 bits per heavy atom. The summed E-state index contributed by atoms with van der Waals surface area (Å²) in [6.07, 6.45) is 11.3. The first-order chi connectivity index (χ1) is 13.7. The van der Waals surface area contributed by atoms with E-state index >= 15 is 0 Å². The normalized spacial score (nSPS) is 14.2. The highest BCUT2D eigenvalue weighted by atomic mass is 16.3. The van der Waals surface area contributed by atoms with E-state index in [4.69, 9.17) is 8.83 Å². The lowest BCUT2D eigenvalue weighted by Gasteiger charge is -2.19. The van der Waals surface area contributed by atoms with Crippen molar-refractivity contribution in [2.75, 3.05) is 0 Å². The van der Waals surface area contributed by atoms with Crippen molar-refractivity contribution in [2.45, 2.75) is 74.7 Å². The average Bonchev–Trinajstić information content (AvgIpc) is 3.29. The molecule has 0 bridgehead atoms. The molecule has 0 aliphatic heterocycles. The molecule has 0 atom stereocenters. The average molecular weight is 395 g/mol. The summed E-state index contributed by atoms with van der Waals surface area (Å²) in [5, 5.41) is 0. The van der Waals surface area contributed by atoms with Crippen molar-refractivity contribution in [3.63, 3.8) is 0 Å². The van der Waals surface area contributed by atoms with Crippen molar-refractivity contribution in [1.29, 1.82) is 0 Å². The fourth-order valence-electron chi connectivity index (χ4n) is 3.96. The summed E-state index contributed by atoms with van der Waals surface area (Å²) in [6.45, 7) is 17.7. The van der Waals surface area contributed by atoms with Crippen LogP contribution in [-0.2, 0) is 6.42 Å². The van der Waals surface area contributed by atoms with Crippen molar-refractivity contribution in [2.24, 2.45) is 11.3 Å². The second-order valence-corrected chi connectivity index (χ2v) is 8.91. The molecule has 0 saturated carbocycles. The molecule has 2 heterocycles. The molecule has 0 spiro atoms. The lowest BCUT2D eigenvalue weighted by molar-refractivity contribution is 0.463. The largest absolute Gasteiger partial charge is 0.465 e. The molecule has 0 amide bonds. The maximum Gasteiger partial charge on any atom is 0.130 e. The number of aryl methyl sites for hydroxylation is 1. The number of hydrogen-bond acceptors (Lipinski definition) is 2. The standard InChI is InChI=1S/C27H38O2/c1-9-23(19(3)4)24(10-2)26-17-22(21(6)29-26)18-27(7,8)15-11-13-20(5)25-14-12-16-28-25/h11-17,19H,9-10,18H2,1-8H3/b15-11+,20-13+,24-23-. The van der Waals surface area contributed by atoms with E-state index in [0.29, 0.717) is 5.92 Å². The third-order valence-corrected chi connectivity index (χ3v) is 5.59. The van der Waals surface area contributed by atoms with Gasteiger partial charge in [0.25, 0.3) is 0 Å². The van der Waals surface area contributed by atoms with Gasteiger partial charge in [-0.3, -0.25) is 0 Å². The number of hydrogen-bond donors (Lipinski definition) is 0. The molecule has 2 rings (SSSR count). The molecule has 2 nitrogen and oxygen atoms in total. The van der Waals surface area contributed by atoms with E-state index in [1.807, 2.05) is 12.1 Å². The Morgan fingerprint density at radius 3 is 2.41 bits per heavy atom. The third kappa shape index (κ3) is 6.13. The van der Waals surface area contributed by atoms with Crippen LogP contribution >= 0.6 is 0 Å². The van der Waals surface area contributed by atoms with Gasteiger partial charge >= 0.3 is 0 Å². The minimum absolute atomic E-state index is 0.0353. The minimum Gasteiger partial charge on any atom is -0.465 e. The lowest BCUT2D eigenvalue weighted by atomic mass is 9.85. The number of furan rings is 2. The van der Waals surface area contributed by atoms with Gasteiger partial charge in [-0.2, -0.15) is 0 Å². The topological polar surface area (TPSA) is 26.3 Å². The molecule has 0 aromatic carbocycles. The minimum atomic E-state index is 0.0353. The molecule has 0 unspecified atom stereocenters. The van der Waals surface area contributed by atoms with Crippen molar-refractivity contribution in [3.8, 4) is 0 Å². The molecular formula is C27H38O2. The van der Waals surface area contributed by atoms with Gasteiger partial charge in [0.15, 0.2) is 0 Å². The smallest absolute Gasteiger partial charge is 0.130 e. The van der Waals surface area contributed by atoms with Crippen LogP contribution in [0.1, 0.15) is 84.2 Å². The van der Waals surface area contributed by atoms with Gasteiger partial charge < -0.3 is 8.83 Å². The summed E-state index contributed by atoms with van der Waals surface area (Å²) in [4.78, 5) is 0. The fraction of sp³-hybridized carbons (Fsp3) is 0.481. The predicted octanol–water partition coefficient (Wildman–Crippen LogP) is 8.64. The van der Waals surface area contributed by atoms with E-state index in [1.54, 1.807) is 6.26 Å². The first-order valence-electron chi connectivity index (χ1n) is 10.9. The van der Waals surface area contributed by atoms with Gasteiger partial charge in [0.05, 0.1) is 6.26 Å².